The summed E-state index contributed by atoms with van der Waals surface area (Å²) in [6.07, 6.45) is 1.66. The van der Waals surface area contributed by atoms with Gasteiger partial charge in [0.15, 0.2) is 5.69 Å². The molecule has 1 aliphatic heterocycles. The van der Waals surface area contributed by atoms with E-state index in [9.17, 15) is 4.79 Å². The zero-order valence-corrected chi connectivity index (χ0v) is 12.5. The smallest absolute Gasteiger partial charge is 0.358 e. The first kappa shape index (κ1) is 14.6. The summed E-state index contributed by atoms with van der Waals surface area (Å²) >= 11 is 0. The molecule has 2 aromatic rings. The highest BCUT2D eigenvalue weighted by molar-refractivity contribution is 5.91. The van der Waals surface area contributed by atoms with Crippen molar-refractivity contribution in [3.63, 3.8) is 0 Å². The first-order valence-electron chi connectivity index (χ1n) is 7.32. The number of anilines is 1. The van der Waals surface area contributed by atoms with Gasteiger partial charge in [-0.3, -0.25) is 0 Å². The third-order valence-corrected chi connectivity index (χ3v) is 3.97. The number of hydrogen-bond acceptors (Lipinski definition) is 5. The molecule has 1 fully saturated rings. The van der Waals surface area contributed by atoms with Crippen LogP contribution in [-0.4, -0.2) is 36.1 Å². The Labute approximate surface area is 128 Å². The highest BCUT2D eigenvalue weighted by Gasteiger charge is 2.29. The fourth-order valence-electron chi connectivity index (χ4n) is 2.85. The minimum absolute atomic E-state index is 0.167. The maximum Gasteiger partial charge on any atom is 0.358 e. The van der Waals surface area contributed by atoms with Crippen molar-refractivity contribution in [2.45, 2.75) is 18.8 Å². The number of ether oxygens (including phenoxy) is 2. The zero-order valence-electron chi connectivity index (χ0n) is 12.5. The lowest BCUT2D eigenvalue weighted by atomic mass is 9.91. The highest BCUT2D eigenvalue weighted by atomic mass is 16.5. The van der Waals surface area contributed by atoms with Crippen LogP contribution in [0, 0.1) is 0 Å². The lowest BCUT2D eigenvalue weighted by Crippen LogP contribution is -2.17. The van der Waals surface area contributed by atoms with Crippen molar-refractivity contribution in [3.05, 3.63) is 41.6 Å². The van der Waals surface area contributed by atoms with E-state index in [-0.39, 0.29) is 5.92 Å². The summed E-state index contributed by atoms with van der Waals surface area (Å²) in [5.41, 5.74) is 8.21. The van der Waals surface area contributed by atoms with E-state index in [4.69, 9.17) is 15.2 Å². The van der Waals surface area contributed by atoms with Gasteiger partial charge >= 0.3 is 5.97 Å². The quantitative estimate of drug-likeness (QED) is 0.879. The van der Waals surface area contributed by atoms with Gasteiger partial charge in [0.2, 0.25) is 0 Å². The Balaban J connectivity index is 2.10. The maximum atomic E-state index is 12.1. The number of methoxy groups -OCH3 is 1. The number of aromatic nitrogens is 2. The molecule has 0 saturated carbocycles. The van der Waals surface area contributed by atoms with E-state index in [2.05, 4.69) is 5.10 Å². The van der Waals surface area contributed by atoms with Gasteiger partial charge in [-0.05, 0) is 30.9 Å². The molecule has 1 aliphatic rings. The summed E-state index contributed by atoms with van der Waals surface area (Å²) < 4.78 is 11.9. The Morgan fingerprint density at radius 3 is 2.64 bits per heavy atom. The van der Waals surface area contributed by atoms with Crippen molar-refractivity contribution in [1.82, 2.24) is 9.78 Å². The van der Waals surface area contributed by atoms with Crippen molar-refractivity contribution in [2.75, 3.05) is 26.1 Å². The maximum absolute atomic E-state index is 12.1. The van der Waals surface area contributed by atoms with E-state index in [0.29, 0.717) is 24.7 Å². The van der Waals surface area contributed by atoms with Crippen LogP contribution in [0.15, 0.2) is 30.3 Å². The van der Waals surface area contributed by atoms with Crippen LogP contribution in [0.5, 0.6) is 0 Å². The molecule has 0 unspecified atom stereocenters. The monoisotopic (exact) mass is 301 g/mol. The van der Waals surface area contributed by atoms with Gasteiger partial charge in [0.1, 0.15) is 5.82 Å². The molecule has 2 N–H and O–H groups in total. The van der Waals surface area contributed by atoms with Gasteiger partial charge in [-0.2, -0.15) is 5.10 Å². The SMILES string of the molecule is COC(=O)c1nn(-c2ccccc2)c(N)c1C1CCOCC1. The topological polar surface area (TPSA) is 79.4 Å². The molecule has 6 nitrogen and oxygen atoms in total. The predicted molar refractivity (Wildman–Crippen MR) is 82.1 cm³/mol. The number of carbonyl (C=O) groups is 1. The molecule has 1 aromatic carbocycles. The minimum atomic E-state index is -0.456. The Bertz CT molecular complexity index is 661. The molecular formula is C16H19N3O3. The molecule has 3 rings (SSSR count). The van der Waals surface area contributed by atoms with Gasteiger partial charge < -0.3 is 15.2 Å². The van der Waals surface area contributed by atoms with E-state index in [0.717, 1.165) is 24.1 Å². The van der Waals surface area contributed by atoms with Crippen LogP contribution in [-0.2, 0) is 9.47 Å². The molecule has 0 bridgehead atoms. The molecule has 0 radical (unpaired) electrons. The van der Waals surface area contributed by atoms with Crippen LogP contribution in [0.4, 0.5) is 5.82 Å². The molecule has 1 saturated heterocycles. The summed E-state index contributed by atoms with van der Waals surface area (Å²) in [7, 11) is 1.35. The Morgan fingerprint density at radius 1 is 1.32 bits per heavy atom. The van der Waals surface area contributed by atoms with Crippen LogP contribution in [0.25, 0.3) is 5.69 Å². The summed E-state index contributed by atoms with van der Waals surface area (Å²) in [4.78, 5) is 12.1. The van der Waals surface area contributed by atoms with Crippen LogP contribution in [0.2, 0.25) is 0 Å². The molecular weight excluding hydrogens is 282 g/mol. The number of benzene rings is 1. The van der Waals surface area contributed by atoms with Gasteiger partial charge in [0.05, 0.1) is 12.8 Å². The number of hydrogen-bond donors (Lipinski definition) is 1. The Kier molecular flexibility index (Phi) is 4.11. The molecule has 0 amide bonds. The van der Waals surface area contributed by atoms with Crippen molar-refractivity contribution >= 4 is 11.8 Å². The summed E-state index contributed by atoms with van der Waals surface area (Å²) in [6, 6.07) is 9.53. The second-order valence-corrected chi connectivity index (χ2v) is 5.27. The average molecular weight is 301 g/mol. The Hall–Kier alpha value is -2.34. The number of rotatable bonds is 3. The molecule has 22 heavy (non-hydrogen) atoms. The summed E-state index contributed by atoms with van der Waals surface area (Å²) in [5, 5.41) is 4.40. The second kappa shape index (κ2) is 6.19. The summed E-state index contributed by atoms with van der Waals surface area (Å²) in [6.45, 7) is 1.34. The van der Waals surface area contributed by atoms with E-state index in [1.165, 1.54) is 7.11 Å². The lowest BCUT2D eigenvalue weighted by Gasteiger charge is -2.22. The number of nitrogen functional groups attached to an aromatic ring is 1. The van der Waals surface area contributed by atoms with Gasteiger partial charge in [-0.25, -0.2) is 9.48 Å². The van der Waals surface area contributed by atoms with Gasteiger partial charge in [-0.1, -0.05) is 18.2 Å². The third kappa shape index (κ3) is 2.57. The lowest BCUT2D eigenvalue weighted by molar-refractivity contribution is 0.0585. The number of esters is 1. The van der Waals surface area contributed by atoms with E-state index in [1.807, 2.05) is 30.3 Å². The van der Waals surface area contributed by atoms with Crippen LogP contribution >= 0.6 is 0 Å². The molecule has 0 spiro atoms. The number of nitrogens with zero attached hydrogens (tertiary/aromatic N) is 2. The molecule has 116 valence electrons. The van der Waals surface area contributed by atoms with Crippen LogP contribution in [0.3, 0.4) is 0 Å². The third-order valence-electron chi connectivity index (χ3n) is 3.97. The zero-order chi connectivity index (χ0) is 15.5. The number of carbonyl (C=O) groups excluding carboxylic acids is 1. The minimum Gasteiger partial charge on any atom is -0.464 e. The van der Waals surface area contributed by atoms with E-state index in [1.54, 1.807) is 4.68 Å². The largest absolute Gasteiger partial charge is 0.464 e. The van der Waals surface area contributed by atoms with Crippen LogP contribution < -0.4 is 5.73 Å². The van der Waals surface area contributed by atoms with Gasteiger partial charge in [0.25, 0.3) is 0 Å². The van der Waals surface area contributed by atoms with Crippen molar-refractivity contribution in [3.8, 4) is 5.69 Å². The molecule has 6 heteroatoms. The highest BCUT2D eigenvalue weighted by Crippen LogP contribution is 2.35. The van der Waals surface area contributed by atoms with E-state index >= 15 is 0 Å². The first-order valence-corrected chi connectivity index (χ1v) is 7.32. The number of para-hydroxylation sites is 1. The first-order chi connectivity index (χ1) is 10.7. The molecule has 0 atom stereocenters. The van der Waals surface area contributed by atoms with Crippen molar-refractivity contribution in [1.29, 1.82) is 0 Å². The molecule has 1 aromatic heterocycles. The molecule has 0 aliphatic carbocycles. The fraction of sp³-hybridized carbons (Fsp3) is 0.375. The predicted octanol–water partition coefficient (Wildman–Crippen LogP) is 2.14. The summed E-state index contributed by atoms with van der Waals surface area (Å²) in [5.74, 6) is 0.210. The van der Waals surface area contributed by atoms with Gasteiger partial charge in [-0.15, -0.1) is 0 Å². The van der Waals surface area contributed by atoms with Gasteiger partial charge in [0, 0.05) is 18.8 Å². The van der Waals surface area contributed by atoms with Crippen molar-refractivity contribution < 1.29 is 14.3 Å². The standard InChI is InChI=1S/C16H19N3O3/c1-21-16(20)14-13(11-7-9-22-10-8-11)15(17)19(18-14)12-5-3-2-4-6-12/h2-6,11H,7-10,17H2,1H3. The fourth-order valence-corrected chi connectivity index (χ4v) is 2.85. The van der Waals surface area contributed by atoms with E-state index < -0.39 is 5.97 Å². The normalized spacial score (nSPS) is 15.7. The molecule has 2 heterocycles. The second-order valence-electron chi connectivity index (χ2n) is 5.27. The van der Waals surface area contributed by atoms with Crippen LogP contribution in [0.1, 0.15) is 34.8 Å². The Morgan fingerprint density at radius 2 is 2.00 bits per heavy atom. The van der Waals surface area contributed by atoms with Crippen molar-refractivity contribution in [2.24, 2.45) is 0 Å². The average Bonchev–Trinajstić information content (AvgIpc) is 2.93. The number of nitrogens with two attached hydrogens (primary N) is 1.